The van der Waals surface area contributed by atoms with Gasteiger partial charge in [0.25, 0.3) is 0 Å². The molecule has 3 aliphatic rings. The summed E-state index contributed by atoms with van der Waals surface area (Å²) in [6, 6.07) is -0.996. The highest BCUT2D eigenvalue weighted by Gasteiger charge is 2.53. The molecule has 0 radical (unpaired) electrons. The van der Waals surface area contributed by atoms with Gasteiger partial charge in [-0.05, 0) is 44.9 Å². The van der Waals surface area contributed by atoms with Crippen molar-refractivity contribution in [1.29, 1.82) is 0 Å². The molecule has 3 saturated heterocycles. The Labute approximate surface area is 581 Å². The second-order valence-electron chi connectivity index (χ2n) is 28.2. The third-order valence-electron chi connectivity index (χ3n) is 19.7. The van der Waals surface area contributed by atoms with E-state index in [9.17, 15) is 61.0 Å². The van der Waals surface area contributed by atoms with E-state index in [0.717, 1.165) is 44.9 Å². The van der Waals surface area contributed by atoms with E-state index in [4.69, 9.17) is 28.4 Å². The Bertz CT molecular complexity index is 1880. The molecule has 19 nitrogen and oxygen atoms in total. The zero-order valence-electron chi connectivity index (χ0n) is 60.1. The molecule has 0 aliphatic carbocycles. The van der Waals surface area contributed by atoms with Crippen molar-refractivity contribution in [2.24, 2.45) is 0 Å². The molecule has 1 amide bonds. The smallest absolute Gasteiger partial charge is 0.220 e. The highest BCUT2D eigenvalue weighted by molar-refractivity contribution is 5.76. The number of aliphatic hydroxyl groups excluding tert-OH is 11. The Morgan fingerprint density at radius 2 is 0.667 bits per heavy atom. The maximum Gasteiger partial charge on any atom is 0.220 e. The van der Waals surface area contributed by atoms with Gasteiger partial charge >= 0.3 is 0 Å². The van der Waals surface area contributed by atoms with Crippen LogP contribution in [0.1, 0.15) is 316 Å². The van der Waals surface area contributed by atoms with Gasteiger partial charge in [-0.15, -0.1) is 0 Å². The molecule has 3 heterocycles. The minimum absolute atomic E-state index is 0.236. The maximum absolute atomic E-state index is 13.5. The molecule has 3 aliphatic heterocycles. The first-order valence-corrected chi connectivity index (χ1v) is 39.2. The summed E-state index contributed by atoms with van der Waals surface area (Å²) in [7, 11) is 0. The first-order valence-electron chi connectivity index (χ1n) is 39.2. The molecule has 0 bridgehead atoms. The lowest BCUT2D eigenvalue weighted by Gasteiger charge is -2.48. The van der Waals surface area contributed by atoms with Crippen LogP contribution in [0.15, 0.2) is 36.5 Å². The van der Waals surface area contributed by atoms with Gasteiger partial charge in [0.05, 0.1) is 38.6 Å². The second-order valence-corrected chi connectivity index (χ2v) is 28.2. The van der Waals surface area contributed by atoms with E-state index in [1.54, 1.807) is 6.08 Å². The van der Waals surface area contributed by atoms with Crippen molar-refractivity contribution in [1.82, 2.24) is 5.32 Å². The van der Waals surface area contributed by atoms with Gasteiger partial charge in [0.15, 0.2) is 18.9 Å². The fraction of sp³-hybridized carbons (Fsp3) is 0.909. The molecular weight excluding hydrogens is 1230 g/mol. The van der Waals surface area contributed by atoms with Gasteiger partial charge in [-0.2, -0.15) is 0 Å². The van der Waals surface area contributed by atoms with Crippen molar-refractivity contribution in [2.45, 2.75) is 420 Å². The Balaban J connectivity index is 1.41. The van der Waals surface area contributed by atoms with Crippen LogP contribution in [0.25, 0.3) is 0 Å². The lowest BCUT2D eigenvalue weighted by molar-refractivity contribution is -0.379. The van der Waals surface area contributed by atoms with E-state index >= 15 is 0 Å². The van der Waals surface area contributed by atoms with Gasteiger partial charge in [-0.3, -0.25) is 4.79 Å². The van der Waals surface area contributed by atoms with Crippen molar-refractivity contribution in [3.63, 3.8) is 0 Å². The zero-order valence-corrected chi connectivity index (χ0v) is 60.1. The number of aliphatic hydroxyl groups is 11. The number of unbranched alkanes of at least 4 members (excludes halogenated alkanes) is 42. The summed E-state index contributed by atoms with van der Waals surface area (Å²) in [5, 5.41) is 121. The number of hydrogen-bond acceptors (Lipinski definition) is 18. The lowest BCUT2D eigenvalue weighted by atomic mass is 9.96. The number of hydrogen-bond donors (Lipinski definition) is 12. The molecule has 0 aromatic rings. The molecule has 3 fully saturated rings. The van der Waals surface area contributed by atoms with E-state index in [0.29, 0.717) is 12.8 Å². The highest BCUT2D eigenvalue weighted by atomic mass is 16.8. The van der Waals surface area contributed by atoms with Crippen LogP contribution in [-0.4, -0.2) is 193 Å². The molecule has 17 unspecified atom stereocenters. The van der Waals surface area contributed by atoms with E-state index in [1.807, 2.05) is 6.08 Å². The maximum atomic E-state index is 13.5. The summed E-state index contributed by atoms with van der Waals surface area (Å²) < 4.78 is 34.4. The number of allylic oxidation sites excluding steroid dienone is 5. The average molecular weight is 1370 g/mol. The minimum atomic E-state index is -1.98. The fourth-order valence-corrected chi connectivity index (χ4v) is 13.3. The molecular formula is C77H143NO18. The minimum Gasteiger partial charge on any atom is -0.394 e. The number of amides is 1. The summed E-state index contributed by atoms with van der Waals surface area (Å²) in [4.78, 5) is 13.5. The number of carbonyl (C=O) groups excluding carboxylic acids is 1. The summed E-state index contributed by atoms with van der Waals surface area (Å²) >= 11 is 0. The topological polar surface area (TPSA) is 307 Å². The average Bonchev–Trinajstić information content (AvgIpc) is 0.786. The predicted octanol–water partition coefficient (Wildman–Crippen LogP) is 12.3. The van der Waals surface area contributed by atoms with Crippen LogP contribution < -0.4 is 5.32 Å². The van der Waals surface area contributed by atoms with E-state index in [2.05, 4.69) is 43.5 Å². The summed E-state index contributed by atoms with van der Waals surface area (Å²) in [6.07, 6.45) is 44.2. The zero-order chi connectivity index (χ0) is 69.6. The van der Waals surface area contributed by atoms with Crippen LogP contribution in [0.4, 0.5) is 0 Å². The Morgan fingerprint density at radius 3 is 1.04 bits per heavy atom. The van der Waals surface area contributed by atoms with E-state index < -0.39 is 124 Å². The second kappa shape index (κ2) is 58.5. The summed E-state index contributed by atoms with van der Waals surface area (Å²) in [6.45, 7) is 1.76. The van der Waals surface area contributed by atoms with Crippen molar-refractivity contribution in [3.05, 3.63) is 36.5 Å². The number of rotatable bonds is 62. The van der Waals surface area contributed by atoms with Crippen molar-refractivity contribution < 1.29 is 89.4 Å². The summed E-state index contributed by atoms with van der Waals surface area (Å²) in [5.74, 6) is -0.283. The van der Waals surface area contributed by atoms with Gasteiger partial charge < -0.3 is 89.9 Å². The highest BCUT2D eigenvalue weighted by Crippen LogP contribution is 2.33. The molecule has 19 heteroatoms. The Kier molecular flexibility index (Phi) is 53.8. The van der Waals surface area contributed by atoms with Crippen LogP contribution in [-0.2, 0) is 33.2 Å². The number of carbonyl (C=O) groups is 1. The molecule has 0 aromatic heterocycles. The first-order chi connectivity index (χ1) is 46.8. The normalized spacial score (nSPS) is 27.2. The summed E-state index contributed by atoms with van der Waals surface area (Å²) in [5.41, 5.74) is 0. The van der Waals surface area contributed by atoms with Crippen molar-refractivity contribution in [3.8, 4) is 0 Å². The van der Waals surface area contributed by atoms with Crippen LogP contribution in [0.2, 0.25) is 0 Å². The monoisotopic (exact) mass is 1370 g/mol. The van der Waals surface area contributed by atoms with Gasteiger partial charge in [0.1, 0.15) is 73.2 Å². The molecule has 12 N–H and O–H groups in total. The standard InChI is InChI=1S/C77H143NO18/c1-3-5-7-9-11-13-15-17-19-21-23-25-27-29-31-33-35-37-39-41-43-45-47-49-51-53-55-65(83)78-60(61(82)54-52-50-48-46-44-42-40-38-36-34-32-30-28-26-24-22-20-18-16-14-12-10-8-6-4-2)59-91-75-71(89)68(86)73(63(57-80)93-75)96-77-72(90)69(87)74(64(58-81)94-77)95-76-70(88)67(85)66(84)62(56-79)92-76/h36,38,44,46,52,54,60-64,66-77,79-82,84-90H,3-35,37,39-43,45,47-51,53,55-59H2,1-2H3,(H,78,83)/b38-36+,46-44+,54-52+. The molecule has 0 saturated carbocycles. The fourth-order valence-electron chi connectivity index (χ4n) is 13.3. The molecule has 17 atom stereocenters. The third kappa shape index (κ3) is 38.9. The quantitative estimate of drug-likeness (QED) is 0.0199. The Hall–Kier alpha value is -1.99. The van der Waals surface area contributed by atoms with Crippen LogP contribution in [0, 0.1) is 0 Å². The molecule has 3 rings (SSSR count). The number of ether oxygens (including phenoxy) is 6. The van der Waals surface area contributed by atoms with E-state index in [-0.39, 0.29) is 18.9 Å². The third-order valence-corrected chi connectivity index (χ3v) is 19.7. The first kappa shape index (κ1) is 88.2. The number of nitrogens with one attached hydrogen (secondary N) is 1. The van der Waals surface area contributed by atoms with Gasteiger partial charge in [0, 0.05) is 6.42 Å². The SMILES string of the molecule is CCCCCCCCCCCCCCCCC/C=C/CC/C=C/CC/C=C/C(O)C(COC1OC(CO)C(OC2OC(CO)C(OC3OC(CO)C(O)C(O)C3O)C(O)C2O)C(O)C1O)NC(=O)CCCCCCCCCCCCCCCCCCCCCCCCCCCC. The van der Waals surface area contributed by atoms with Crippen molar-refractivity contribution in [2.75, 3.05) is 26.4 Å². The molecule has 564 valence electrons. The Morgan fingerprint density at radius 1 is 0.365 bits per heavy atom. The van der Waals surface area contributed by atoms with Gasteiger partial charge in [0.2, 0.25) is 5.91 Å². The van der Waals surface area contributed by atoms with Crippen LogP contribution >= 0.6 is 0 Å². The van der Waals surface area contributed by atoms with Crippen LogP contribution in [0.3, 0.4) is 0 Å². The van der Waals surface area contributed by atoms with Gasteiger partial charge in [-0.1, -0.05) is 301 Å². The van der Waals surface area contributed by atoms with Crippen molar-refractivity contribution >= 4 is 5.91 Å². The predicted molar refractivity (Wildman–Crippen MR) is 379 cm³/mol. The van der Waals surface area contributed by atoms with Gasteiger partial charge in [-0.25, -0.2) is 0 Å². The largest absolute Gasteiger partial charge is 0.394 e. The van der Waals surface area contributed by atoms with Crippen LogP contribution in [0.5, 0.6) is 0 Å². The molecule has 0 spiro atoms. The molecule has 96 heavy (non-hydrogen) atoms. The molecule has 0 aromatic carbocycles. The van der Waals surface area contributed by atoms with E-state index in [1.165, 1.54) is 238 Å². The lowest BCUT2D eigenvalue weighted by Crippen LogP contribution is -2.66.